The van der Waals surface area contributed by atoms with Crippen molar-refractivity contribution in [3.05, 3.63) is 11.8 Å². The molecule has 56 valence electrons. The van der Waals surface area contributed by atoms with Crippen molar-refractivity contribution in [3.63, 3.8) is 0 Å². The molecule has 1 aliphatic rings. The maximum Gasteiger partial charge on any atom is 0.0360 e. The van der Waals surface area contributed by atoms with E-state index in [1.807, 2.05) is 6.21 Å². The van der Waals surface area contributed by atoms with E-state index in [0.717, 1.165) is 6.42 Å². The average molecular weight is 137 g/mol. The fourth-order valence-corrected chi connectivity index (χ4v) is 1.08. The molecule has 1 heterocycles. The Kier molecular flexibility index (Phi) is 3.20. The van der Waals surface area contributed by atoms with Crippen LogP contribution >= 0.6 is 0 Å². The van der Waals surface area contributed by atoms with E-state index < -0.39 is 0 Å². The molecule has 0 radical (unpaired) electrons. The molecule has 10 heavy (non-hydrogen) atoms. The molecule has 0 unspecified atom stereocenters. The SMILES string of the molecule is CCCCC1=CCCC=N1. The van der Waals surface area contributed by atoms with Crippen molar-refractivity contribution < 1.29 is 0 Å². The second kappa shape index (κ2) is 4.26. The number of hydrogen-bond acceptors (Lipinski definition) is 1. The lowest BCUT2D eigenvalue weighted by molar-refractivity contribution is 0.773. The van der Waals surface area contributed by atoms with Crippen molar-refractivity contribution in [2.75, 3.05) is 0 Å². The number of hydrogen-bond donors (Lipinski definition) is 0. The van der Waals surface area contributed by atoms with Gasteiger partial charge in [-0.05, 0) is 25.7 Å². The van der Waals surface area contributed by atoms with Gasteiger partial charge < -0.3 is 0 Å². The normalized spacial score (nSPS) is 17.1. The second-order valence-electron chi connectivity index (χ2n) is 2.69. The molecule has 0 N–H and O–H groups in total. The highest BCUT2D eigenvalue weighted by molar-refractivity contribution is 5.60. The van der Waals surface area contributed by atoms with Crippen LogP contribution in [-0.2, 0) is 0 Å². The van der Waals surface area contributed by atoms with E-state index in [-0.39, 0.29) is 0 Å². The topological polar surface area (TPSA) is 12.4 Å². The molecular formula is C9H15N. The zero-order valence-corrected chi connectivity index (χ0v) is 6.64. The summed E-state index contributed by atoms with van der Waals surface area (Å²) in [6, 6.07) is 0. The summed E-state index contributed by atoms with van der Waals surface area (Å²) in [5, 5.41) is 0. The molecule has 0 atom stereocenters. The Morgan fingerprint density at radius 3 is 3.00 bits per heavy atom. The average Bonchev–Trinajstić information content (AvgIpc) is 2.03. The van der Waals surface area contributed by atoms with Gasteiger partial charge in [-0.2, -0.15) is 0 Å². The first-order valence-electron chi connectivity index (χ1n) is 4.15. The maximum absolute atomic E-state index is 4.30. The minimum Gasteiger partial charge on any atom is -0.266 e. The van der Waals surface area contributed by atoms with E-state index in [9.17, 15) is 0 Å². The highest BCUT2D eigenvalue weighted by Gasteiger charge is 1.96. The summed E-state index contributed by atoms with van der Waals surface area (Å²) in [6.07, 6.45) is 10.3. The van der Waals surface area contributed by atoms with Gasteiger partial charge in [-0.25, -0.2) is 0 Å². The molecule has 1 aliphatic heterocycles. The van der Waals surface area contributed by atoms with Gasteiger partial charge >= 0.3 is 0 Å². The molecule has 0 bridgehead atoms. The first kappa shape index (κ1) is 7.52. The van der Waals surface area contributed by atoms with Crippen molar-refractivity contribution in [3.8, 4) is 0 Å². The summed E-state index contributed by atoms with van der Waals surface area (Å²) in [4.78, 5) is 4.30. The van der Waals surface area contributed by atoms with Crippen molar-refractivity contribution in [2.45, 2.75) is 39.0 Å². The summed E-state index contributed by atoms with van der Waals surface area (Å²) in [5.74, 6) is 0. The van der Waals surface area contributed by atoms with Gasteiger partial charge in [0.15, 0.2) is 0 Å². The zero-order valence-electron chi connectivity index (χ0n) is 6.64. The van der Waals surface area contributed by atoms with Crippen LogP contribution in [0.2, 0.25) is 0 Å². The predicted octanol–water partition coefficient (Wildman–Crippen LogP) is 2.93. The van der Waals surface area contributed by atoms with Crippen LogP contribution in [0.15, 0.2) is 16.8 Å². The second-order valence-corrected chi connectivity index (χ2v) is 2.69. The number of aliphatic imine (C=N–C) groups is 1. The third kappa shape index (κ3) is 2.34. The Balaban J connectivity index is 2.26. The van der Waals surface area contributed by atoms with E-state index in [2.05, 4.69) is 18.0 Å². The van der Waals surface area contributed by atoms with Gasteiger partial charge in [0.2, 0.25) is 0 Å². The molecule has 1 heteroatoms. The fourth-order valence-electron chi connectivity index (χ4n) is 1.08. The minimum atomic E-state index is 1.13. The van der Waals surface area contributed by atoms with Gasteiger partial charge in [-0.3, -0.25) is 4.99 Å². The van der Waals surface area contributed by atoms with Crippen molar-refractivity contribution >= 4 is 6.21 Å². The van der Waals surface area contributed by atoms with Crippen molar-refractivity contribution in [2.24, 2.45) is 4.99 Å². The highest BCUT2D eigenvalue weighted by atomic mass is 14.7. The van der Waals surface area contributed by atoms with Crippen LogP contribution in [-0.4, -0.2) is 6.21 Å². The Bertz CT molecular complexity index is 145. The zero-order chi connectivity index (χ0) is 7.23. The quantitative estimate of drug-likeness (QED) is 0.567. The van der Waals surface area contributed by atoms with Gasteiger partial charge in [0.1, 0.15) is 0 Å². The number of rotatable bonds is 3. The molecule has 1 nitrogen and oxygen atoms in total. The lowest BCUT2D eigenvalue weighted by atomic mass is 10.1. The van der Waals surface area contributed by atoms with Gasteiger partial charge in [0, 0.05) is 11.9 Å². The molecular weight excluding hydrogens is 122 g/mol. The van der Waals surface area contributed by atoms with E-state index >= 15 is 0 Å². The number of nitrogens with zero attached hydrogens (tertiary/aromatic N) is 1. The predicted molar refractivity (Wildman–Crippen MR) is 45.3 cm³/mol. The van der Waals surface area contributed by atoms with Gasteiger partial charge in [0.25, 0.3) is 0 Å². The molecule has 0 aromatic carbocycles. The minimum absolute atomic E-state index is 1.13. The van der Waals surface area contributed by atoms with Crippen molar-refractivity contribution in [1.29, 1.82) is 0 Å². The van der Waals surface area contributed by atoms with E-state index in [1.165, 1.54) is 31.4 Å². The summed E-state index contributed by atoms with van der Waals surface area (Å²) >= 11 is 0. The van der Waals surface area contributed by atoms with E-state index in [4.69, 9.17) is 0 Å². The van der Waals surface area contributed by atoms with Crippen LogP contribution < -0.4 is 0 Å². The molecule has 0 saturated heterocycles. The Morgan fingerprint density at radius 1 is 1.50 bits per heavy atom. The summed E-state index contributed by atoms with van der Waals surface area (Å²) in [7, 11) is 0. The summed E-state index contributed by atoms with van der Waals surface area (Å²) in [6.45, 7) is 2.22. The van der Waals surface area contributed by atoms with Gasteiger partial charge in [0.05, 0.1) is 0 Å². The van der Waals surface area contributed by atoms with E-state index in [0.29, 0.717) is 0 Å². The monoisotopic (exact) mass is 137 g/mol. The lowest BCUT2D eigenvalue weighted by Crippen LogP contribution is -1.88. The first-order chi connectivity index (χ1) is 4.93. The third-order valence-corrected chi connectivity index (χ3v) is 1.72. The smallest absolute Gasteiger partial charge is 0.0360 e. The van der Waals surface area contributed by atoms with Gasteiger partial charge in [-0.1, -0.05) is 19.4 Å². The van der Waals surface area contributed by atoms with Gasteiger partial charge in [-0.15, -0.1) is 0 Å². The molecule has 0 spiro atoms. The van der Waals surface area contributed by atoms with Crippen LogP contribution in [0.1, 0.15) is 39.0 Å². The molecule has 0 saturated carbocycles. The molecule has 0 fully saturated rings. The Hall–Kier alpha value is -0.590. The number of unbranched alkanes of at least 4 members (excludes halogenated alkanes) is 1. The Morgan fingerprint density at radius 2 is 2.40 bits per heavy atom. The van der Waals surface area contributed by atoms with Crippen LogP contribution in [0, 0.1) is 0 Å². The fraction of sp³-hybridized carbons (Fsp3) is 0.667. The van der Waals surface area contributed by atoms with Crippen LogP contribution in [0.25, 0.3) is 0 Å². The van der Waals surface area contributed by atoms with Crippen LogP contribution in [0.3, 0.4) is 0 Å². The van der Waals surface area contributed by atoms with Crippen LogP contribution in [0.4, 0.5) is 0 Å². The van der Waals surface area contributed by atoms with Crippen molar-refractivity contribution in [1.82, 2.24) is 0 Å². The third-order valence-electron chi connectivity index (χ3n) is 1.72. The molecule has 0 aromatic heterocycles. The van der Waals surface area contributed by atoms with Crippen LogP contribution in [0.5, 0.6) is 0 Å². The van der Waals surface area contributed by atoms with E-state index in [1.54, 1.807) is 0 Å². The largest absolute Gasteiger partial charge is 0.266 e. The number of allylic oxidation sites excluding steroid dienone is 2. The summed E-state index contributed by atoms with van der Waals surface area (Å²) in [5.41, 5.74) is 1.30. The standard InChI is InChI=1S/C9H15N/c1-2-3-6-9-7-4-5-8-10-9/h7-8H,2-6H2,1H3. The molecule has 1 rings (SSSR count). The molecule has 0 aromatic rings. The summed E-state index contributed by atoms with van der Waals surface area (Å²) < 4.78 is 0. The molecule has 0 amide bonds. The maximum atomic E-state index is 4.30. The Labute approximate surface area is 62.9 Å². The first-order valence-corrected chi connectivity index (χ1v) is 4.15. The molecule has 0 aliphatic carbocycles. The highest BCUT2D eigenvalue weighted by Crippen LogP contribution is 2.12. The lowest BCUT2D eigenvalue weighted by Gasteiger charge is -2.03.